The molecule has 2 aromatic carbocycles. The Kier molecular flexibility index (Phi) is 4.83. The number of benzene rings is 2. The lowest BCUT2D eigenvalue weighted by molar-refractivity contribution is -0.130. The fraction of sp³-hybridized carbons (Fsp3) is 0.304. The Hall–Kier alpha value is -3.06. The molecule has 0 unspecified atom stereocenters. The first-order valence-electron chi connectivity index (χ1n) is 10.2. The van der Waals surface area contributed by atoms with E-state index in [1.54, 1.807) is 23.3 Å². The van der Waals surface area contributed by atoms with E-state index in [0.29, 0.717) is 36.1 Å². The molecule has 0 radical (unpaired) electrons. The Morgan fingerprint density at radius 2 is 1.83 bits per heavy atom. The van der Waals surface area contributed by atoms with Crippen LogP contribution in [0.25, 0.3) is 21.1 Å². The van der Waals surface area contributed by atoms with Gasteiger partial charge in [0.15, 0.2) is 0 Å². The van der Waals surface area contributed by atoms with Crippen molar-refractivity contribution in [3.05, 3.63) is 69.7 Å². The van der Waals surface area contributed by atoms with Gasteiger partial charge < -0.3 is 4.90 Å². The van der Waals surface area contributed by atoms with Crippen molar-refractivity contribution >= 4 is 38.4 Å². The number of para-hydroxylation sites is 2. The molecule has 4 aromatic rings. The van der Waals surface area contributed by atoms with E-state index in [1.165, 1.54) is 0 Å². The summed E-state index contributed by atoms with van der Waals surface area (Å²) in [7, 11) is 1.80. The van der Waals surface area contributed by atoms with E-state index in [9.17, 15) is 9.59 Å². The van der Waals surface area contributed by atoms with E-state index in [4.69, 9.17) is 4.98 Å². The Bertz CT molecular complexity index is 1270. The summed E-state index contributed by atoms with van der Waals surface area (Å²) in [6, 6.07) is 15.6. The number of aryl methyl sites for hydroxylation is 1. The minimum atomic E-state index is 0.00776. The summed E-state index contributed by atoms with van der Waals surface area (Å²) in [5.41, 5.74) is 1.67. The first-order valence-corrected chi connectivity index (χ1v) is 11.0. The minimum Gasteiger partial charge on any atom is -0.339 e. The molecule has 5 rings (SSSR count). The lowest BCUT2D eigenvalue weighted by Gasteiger charge is -2.17. The molecule has 2 aromatic heterocycles. The van der Waals surface area contributed by atoms with E-state index in [1.807, 2.05) is 53.1 Å². The number of hydrogen-bond acceptors (Lipinski definition) is 5. The van der Waals surface area contributed by atoms with Crippen LogP contribution in [0.2, 0.25) is 0 Å². The van der Waals surface area contributed by atoms with Gasteiger partial charge in [0.2, 0.25) is 5.91 Å². The van der Waals surface area contributed by atoms with Crippen molar-refractivity contribution in [1.82, 2.24) is 19.4 Å². The molecule has 7 heteroatoms. The zero-order valence-electron chi connectivity index (χ0n) is 16.7. The highest BCUT2D eigenvalue weighted by Crippen LogP contribution is 2.35. The third-order valence-corrected chi connectivity index (χ3v) is 6.51. The molecule has 0 saturated heterocycles. The summed E-state index contributed by atoms with van der Waals surface area (Å²) >= 11 is 1.61. The van der Waals surface area contributed by atoms with Gasteiger partial charge in [0.05, 0.1) is 27.7 Å². The van der Waals surface area contributed by atoms with E-state index < -0.39 is 0 Å². The molecule has 0 spiro atoms. The summed E-state index contributed by atoms with van der Waals surface area (Å²) < 4.78 is 2.94. The fourth-order valence-electron chi connectivity index (χ4n) is 3.77. The molecule has 0 atom stereocenters. The average molecular weight is 419 g/mol. The highest BCUT2D eigenvalue weighted by atomic mass is 32.1. The Balaban J connectivity index is 1.32. The van der Waals surface area contributed by atoms with Crippen LogP contribution in [0.1, 0.15) is 36.1 Å². The molecule has 1 saturated carbocycles. The summed E-state index contributed by atoms with van der Waals surface area (Å²) in [6.07, 6.45) is 2.77. The molecule has 0 aliphatic heterocycles. The zero-order valence-corrected chi connectivity index (χ0v) is 17.6. The van der Waals surface area contributed by atoms with Crippen LogP contribution in [0.4, 0.5) is 0 Å². The van der Waals surface area contributed by atoms with Gasteiger partial charge in [0.25, 0.3) is 5.56 Å². The van der Waals surface area contributed by atoms with Crippen molar-refractivity contribution in [2.24, 2.45) is 0 Å². The van der Waals surface area contributed by atoms with Gasteiger partial charge in [0, 0.05) is 25.9 Å². The first-order chi connectivity index (χ1) is 14.6. The number of nitrogens with zero attached hydrogens (tertiary/aromatic N) is 4. The molecule has 2 heterocycles. The summed E-state index contributed by atoms with van der Waals surface area (Å²) in [5.74, 6) is 0.738. The number of hydrogen-bond donors (Lipinski definition) is 0. The fourth-order valence-corrected chi connectivity index (χ4v) is 4.79. The normalized spacial score (nSPS) is 13.8. The van der Waals surface area contributed by atoms with Crippen LogP contribution in [0.15, 0.2) is 53.3 Å². The van der Waals surface area contributed by atoms with Crippen LogP contribution in [-0.2, 0) is 17.8 Å². The van der Waals surface area contributed by atoms with Gasteiger partial charge in [-0.15, -0.1) is 11.3 Å². The molecule has 6 nitrogen and oxygen atoms in total. The quantitative estimate of drug-likeness (QED) is 0.476. The molecule has 0 N–H and O–H groups in total. The predicted octanol–water partition coefficient (Wildman–Crippen LogP) is 3.93. The highest BCUT2D eigenvalue weighted by molar-refractivity contribution is 7.18. The molecule has 1 fully saturated rings. The molecule has 1 aliphatic carbocycles. The van der Waals surface area contributed by atoms with Gasteiger partial charge in [-0.3, -0.25) is 14.2 Å². The summed E-state index contributed by atoms with van der Waals surface area (Å²) in [4.78, 5) is 36.8. The van der Waals surface area contributed by atoms with Crippen molar-refractivity contribution in [3.63, 3.8) is 0 Å². The second kappa shape index (κ2) is 7.65. The van der Waals surface area contributed by atoms with Crippen molar-refractivity contribution in [3.8, 4) is 0 Å². The van der Waals surface area contributed by atoms with E-state index in [2.05, 4.69) is 4.98 Å². The zero-order chi connectivity index (χ0) is 20.7. The van der Waals surface area contributed by atoms with Gasteiger partial charge in [-0.05, 0) is 37.1 Å². The predicted molar refractivity (Wildman–Crippen MR) is 119 cm³/mol. The first kappa shape index (κ1) is 18.9. The highest BCUT2D eigenvalue weighted by Gasteiger charge is 2.28. The van der Waals surface area contributed by atoms with Crippen LogP contribution >= 0.6 is 11.3 Å². The number of carbonyl (C=O) groups excluding carboxylic acids is 1. The van der Waals surface area contributed by atoms with E-state index in [0.717, 1.165) is 28.1 Å². The number of rotatable bonds is 6. The second-order valence-electron chi connectivity index (χ2n) is 7.78. The van der Waals surface area contributed by atoms with Gasteiger partial charge in [0.1, 0.15) is 10.8 Å². The minimum absolute atomic E-state index is 0.00776. The van der Waals surface area contributed by atoms with Crippen molar-refractivity contribution < 1.29 is 4.79 Å². The van der Waals surface area contributed by atoms with Crippen molar-refractivity contribution in [1.29, 1.82) is 0 Å². The number of carbonyl (C=O) groups is 1. The lowest BCUT2D eigenvalue weighted by Crippen LogP contribution is -2.28. The standard InChI is InChI=1S/C23H22N4O2S/c1-26(14-21-25-18-8-4-5-9-19(18)30-21)22(28)13-12-20-24-17-7-3-2-6-16(17)23(29)27(20)15-10-11-15/h2-9,15H,10-14H2,1H3. The van der Waals surface area contributed by atoms with Crippen LogP contribution in [0.5, 0.6) is 0 Å². The summed E-state index contributed by atoms with van der Waals surface area (Å²) in [5, 5.41) is 1.57. The molecule has 0 bridgehead atoms. The number of aromatic nitrogens is 3. The van der Waals surface area contributed by atoms with Crippen molar-refractivity contribution in [2.75, 3.05) is 7.05 Å². The smallest absolute Gasteiger partial charge is 0.261 e. The molecule has 1 amide bonds. The van der Waals surface area contributed by atoms with E-state index >= 15 is 0 Å². The molecule has 152 valence electrons. The average Bonchev–Trinajstić information content (AvgIpc) is 3.50. The summed E-state index contributed by atoms with van der Waals surface area (Å²) in [6.45, 7) is 0.485. The Labute approximate surface area is 177 Å². The maximum atomic E-state index is 13.0. The van der Waals surface area contributed by atoms with Crippen LogP contribution in [0, 0.1) is 0 Å². The Morgan fingerprint density at radius 3 is 2.60 bits per heavy atom. The maximum absolute atomic E-state index is 13.0. The molecule has 30 heavy (non-hydrogen) atoms. The molecule has 1 aliphatic rings. The number of fused-ring (bicyclic) bond motifs is 2. The van der Waals surface area contributed by atoms with Crippen LogP contribution in [-0.4, -0.2) is 32.4 Å². The van der Waals surface area contributed by atoms with Crippen LogP contribution < -0.4 is 5.56 Å². The molecular weight excluding hydrogens is 396 g/mol. The second-order valence-corrected chi connectivity index (χ2v) is 8.89. The maximum Gasteiger partial charge on any atom is 0.261 e. The van der Waals surface area contributed by atoms with Gasteiger partial charge in [-0.25, -0.2) is 9.97 Å². The van der Waals surface area contributed by atoms with Crippen molar-refractivity contribution in [2.45, 2.75) is 38.3 Å². The lowest BCUT2D eigenvalue weighted by atomic mass is 10.2. The number of amides is 1. The largest absolute Gasteiger partial charge is 0.339 e. The van der Waals surface area contributed by atoms with Gasteiger partial charge in [-0.1, -0.05) is 24.3 Å². The SMILES string of the molecule is CN(Cc1nc2ccccc2s1)C(=O)CCc1nc2ccccc2c(=O)n1C1CC1. The van der Waals surface area contributed by atoms with Gasteiger partial charge >= 0.3 is 0 Å². The van der Waals surface area contributed by atoms with Crippen LogP contribution in [0.3, 0.4) is 0 Å². The Morgan fingerprint density at radius 1 is 1.10 bits per heavy atom. The monoisotopic (exact) mass is 418 g/mol. The third-order valence-electron chi connectivity index (χ3n) is 5.49. The number of thiazole rings is 1. The third kappa shape index (κ3) is 3.61. The molecular formula is C23H22N4O2S. The topological polar surface area (TPSA) is 68.1 Å². The van der Waals surface area contributed by atoms with E-state index in [-0.39, 0.29) is 17.5 Å². The van der Waals surface area contributed by atoms with Gasteiger partial charge in [-0.2, -0.15) is 0 Å².